The van der Waals surface area contributed by atoms with Gasteiger partial charge in [0.25, 0.3) is 0 Å². The molecule has 2 saturated heterocycles. The maximum atomic E-state index is 12.4. The molecule has 0 spiro atoms. The van der Waals surface area contributed by atoms with Gasteiger partial charge in [-0.15, -0.1) is 0 Å². The number of nitrogens with one attached hydrogen (secondary N) is 1. The van der Waals surface area contributed by atoms with Crippen molar-refractivity contribution in [3.8, 4) is 0 Å². The second-order valence-electron chi connectivity index (χ2n) is 7.72. The molecule has 2 fully saturated rings. The highest BCUT2D eigenvalue weighted by Gasteiger charge is 2.23. The van der Waals surface area contributed by atoms with Crippen LogP contribution in [0.25, 0.3) is 0 Å². The van der Waals surface area contributed by atoms with Crippen molar-refractivity contribution in [2.45, 2.75) is 32.1 Å². The molecule has 0 saturated carbocycles. The minimum atomic E-state index is 0.0699. The molecule has 1 unspecified atom stereocenters. The standard InChI is InChI=1S/C20H32N4O2/c25-16-19-4-2-9-23(15-19)12-8-22-20(26)24-10-5-17(6-11-24)13-18-3-1-7-21-14-18/h1,3,7,14,17,19,25H,2,4-6,8-13,15-16H2,(H,22,26). The Morgan fingerprint density at radius 2 is 2.08 bits per heavy atom. The van der Waals surface area contributed by atoms with Crippen LogP contribution in [-0.2, 0) is 6.42 Å². The zero-order valence-electron chi connectivity index (χ0n) is 15.6. The van der Waals surface area contributed by atoms with Crippen LogP contribution in [0.3, 0.4) is 0 Å². The van der Waals surface area contributed by atoms with Crippen LogP contribution in [0, 0.1) is 11.8 Å². The maximum absolute atomic E-state index is 12.4. The number of aromatic nitrogens is 1. The van der Waals surface area contributed by atoms with Crippen LogP contribution in [0.15, 0.2) is 24.5 Å². The molecule has 1 aromatic heterocycles. The summed E-state index contributed by atoms with van der Waals surface area (Å²) in [5.41, 5.74) is 1.29. The van der Waals surface area contributed by atoms with Gasteiger partial charge < -0.3 is 20.2 Å². The Bertz CT molecular complexity index is 546. The van der Waals surface area contributed by atoms with Crippen LogP contribution in [0.2, 0.25) is 0 Å². The summed E-state index contributed by atoms with van der Waals surface area (Å²) < 4.78 is 0. The van der Waals surface area contributed by atoms with Gasteiger partial charge in [-0.2, -0.15) is 0 Å². The van der Waals surface area contributed by atoms with E-state index in [1.54, 1.807) is 0 Å². The van der Waals surface area contributed by atoms with Crippen molar-refractivity contribution < 1.29 is 9.90 Å². The third kappa shape index (κ3) is 5.68. The van der Waals surface area contributed by atoms with Crippen LogP contribution in [-0.4, -0.2) is 71.8 Å². The highest BCUT2D eigenvalue weighted by atomic mass is 16.3. The molecule has 3 heterocycles. The first-order valence-electron chi connectivity index (χ1n) is 9.99. The predicted molar refractivity (Wildman–Crippen MR) is 102 cm³/mol. The number of pyridine rings is 1. The monoisotopic (exact) mass is 360 g/mol. The van der Waals surface area contributed by atoms with Crippen molar-refractivity contribution in [3.05, 3.63) is 30.1 Å². The van der Waals surface area contributed by atoms with Crippen molar-refractivity contribution >= 4 is 6.03 Å². The SMILES string of the molecule is O=C(NCCN1CCCC(CO)C1)N1CCC(Cc2cccnc2)CC1. The highest BCUT2D eigenvalue weighted by Crippen LogP contribution is 2.21. The molecule has 2 aliphatic rings. The topological polar surface area (TPSA) is 68.7 Å². The average molecular weight is 361 g/mol. The summed E-state index contributed by atoms with van der Waals surface area (Å²) in [6.45, 7) is 5.54. The number of carbonyl (C=O) groups is 1. The van der Waals surface area contributed by atoms with Gasteiger partial charge in [0.15, 0.2) is 0 Å². The Kier molecular flexibility index (Phi) is 7.26. The second kappa shape index (κ2) is 9.88. The van der Waals surface area contributed by atoms with Crippen LogP contribution in [0.1, 0.15) is 31.2 Å². The highest BCUT2D eigenvalue weighted by molar-refractivity contribution is 5.74. The molecule has 1 aromatic rings. The maximum Gasteiger partial charge on any atom is 0.317 e. The van der Waals surface area contributed by atoms with Crippen LogP contribution in [0.5, 0.6) is 0 Å². The van der Waals surface area contributed by atoms with Crippen molar-refractivity contribution in [2.24, 2.45) is 11.8 Å². The molecule has 6 heteroatoms. The fraction of sp³-hybridized carbons (Fsp3) is 0.700. The van der Waals surface area contributed by atoms with E-state index < -0.39 is 0 Å². The minimum Gasteiger partial charge on any atom is -0.396 e. The molecule has 0 aliphatic carbocycles. The Morgan fingerprint density at radius 1 is 1.23 bits per heavy atom. The zero-order chi connectivity index (χ0) is 18.2. The molecule has 0 bridgehead atoms. The van der Waals surface area contributed by atoms with E-state index in [0.717, 1.165) is 64.8 Å². The fourth-order valence-corrected chi connectivity index (χ4v) is 4.13. The van der Waals surface area contributed by atoms with Crippen LogP contribution in [0.4, 0.5) is 4.79 Å². The number of piperidine rings is 2. The first-order valence-corrected chi connectivity index (χ1v) is 9.99. The molecule has 2 aliphatic heterocycles. The summed E-state index contributed by atoms with van der Waals surface area (Å²) in [5.74, 6) is 1.05. The lowest BCUT2D eigenvalue weighted by Crippen LogP contribution is -2.47. The number of rotatable bonds is 6. The summed E-state index contributed by atoms with van der Waals surface area (Å²) in [5, 5.41) is 12.4. The lowest BCUT2D eigenvalue weighted by molar-refractivity contribution is 0.120. The Morgan fingerprint density at radius 3 is 2.81 bits per heavy atom. The third-order valence-electron chi connectivity index (χ3n) is 5.71. The lowest BCUT2D eigenvalue weighted by Gasteiger charge is -2.33. The number of urea groups is 1. The molecular weight excluding hydrogens is 328 g/mol. The van der Waals surface area contributed by atoms with E-state index in [-0.39, 0.29) is 12.6 Å². The first-order chi connectivity index (χ1) is 12.7. The van der Waals surface area contributed by atoms with Gasteiger partial charge in [-0.05, 0) is 62.1 Å². The molecule has 3 rings (SSSR count). The number of likely N-dealkylation sites (tertiary alicyclic amines) is 2. The van der Waals surface area contributed by atoms with Gasteiger partial charge in [0.05, 0.1) is 0 Å². The van der Waals surface area contributed by atoms with Gasteiger partial charge >= 0.3 is 6.03 Å². The molecule has 2 amide bonds. The van der Waals surface area contributed by atoms with E-state index >= 15 is 0 Å². The van der Waals surface area contributed by atoms with Crippen molar-refractivity contribution in [2.75, 3.05) is 45.9 Å². The smallest absolute Gasteiger partial charge is 0.317 e. The van der Waals surface area contributed by atoms with Gasteiger partial charge in [-0.3, -0.25) is 4.98 Å². The molecule has 2 N–H and O–H groups in total. The number of aliphatic hydroxyl groups is 1. The number of amides is 2. The van der Waals surface area contributed by atoms with Gasteiger partial charge in [0.1, 0.15) is 0 Å². The first kappa shape index (κ1) is 19.1. The van der Waals surface area contributed by atoms with E-state index in [0.29, 0.717) is 18.4 Å². The van der Waals surface area contributed by atoms with Crippen molar-refractivity contribution in [1.29, 1.82) is 0 Å². The average Bonchev–Trinajstić information content (AvgIpc) is 2.69. The minimum absolute atomic E-state index is 0.0699. The predicted octanol–water partition coefficient (Wildman–Crippen LogP) is 1.75. The fourth-order valence-electron chi connectivity index (χ4n) is 4.13. The van der Waals surface area contributed by atoms with Gasteiger partial charge in [-0.25, -0.2) is 4.79 Å². The third-order valence-corrected chi connectivity index (χ3v) is 5.71. The molecule has 26 heavy (non-hydrogen) atoms. The Labute approximate surface area is 156 Å². The number of hydrogen-bond donors (Lipinski definition) is 2. The number of hydrogen-bond acceptors (Lipinski definition) is 4. The largest absolute Gasteiger partial charge is 0.396 e. The number of nitrogens with zero attached hydrogens (tertiary/aromatic N) is 3. The van der Waals surface area contributed by atoms with Crippen molar-refractivity contribution in [1.82, 2.24) is 20.1 Å². The summed E-state index contributed by atoms with van der Waals surface area (Å²) in [6.07, 6.45) is 9.20. The molecule has 144 valence electrons. The van der Waals surface area contributed by atoms with Crippen LogP contribution >= 0.6 is 0 Å². The number of carbonyl (C=O) groups excluding carboxylic acids is 1. The molecule has 0 radical (unpaired) electrons. The summed E-state index contributed by atoms with van der Waals surface area (Å²) >= 11 is 0. The zero-order valence-corrected chi connectivity index (χ0v) is 15.6. The molecule has 6 nitrogen and oxygen atoms in total. The molecular formula is C20H32N4O2. The summed E-state index contributed by atoms with van der Waals surface area (Å²) in [6, 6.07) is 4.19. The van der Waals surface area contributed by atoms with Gasteiger partial charge in [0.2, 0.25) is 0 Å². The molecule has 1 atom stereocenters. The van der Waals surface area contributed by atoms with Gasteiger partial charge in [0, 0.05) is 51.7 Å². The lowest BCUT2D eigenvalue weighted by atomic mass is 9.91. The van der Waals surface area contributed by atoms with E-state index in [2.05, 4.69) is 21.3 Å². The van der Waals surface area contributed by atoms with E-state index in [1.807, 2.05) is 23.4 Å². The van der Waals surface area contributed by atoms with Crippen molar-refractivity contribution in [3.63, 3.8) is 0 Å². The Hall–Kier alpha value is -1.66. The van der Waals surface area contributed by atoms with E-state index in [4.69, 9.17) is 0 Å². The summed E-state index contributed by atoms with van der Waals surface area (Å²) in [4.78, 5) is 20.9. The van der Waals surface area contributed by atoms with E-state index in [1.165, 1.54) is 5.56 Å². The van der Waals surface area contributed by atoms with Crippen LogP contribution < -0.4 is 5.32 Å². The summed E-state index contributed by atoms with van der Waals surface area (Å²) in [7, 11) is 0. The quantitative estimate of drug-likeness (QED) is 0.811. The Balaban J connectivity index is 1.32. The van der Waals surface area contributed by atoms with E-state index in [9.17, 15) is 9.90 Å². The molecule has 0 aromatic carbocycles. The second-order valence-corrected chi connectivity index (χ2v) is 7.72. The van der Waals surface area contributed by atoms with Gasteiger partial charge in [-0.1, -0.05) is 6.07 Å². The number of aliphatic hydroxyl groups excluding tert-OH is 1. The normalized spacial score (nSPS) is 22.3.